The van der Waals surface area contributed by atoms with Crippen molar-refractivity contribution in [2.75, 3.05) is 19.6 Å². The zero-order valence-corrected chi connectivity index (χ0v) is 20.3. The van der Waals surface area contributed by atoms with Crippen molar-refractivity contribution in [2.45, 2.75) is 31.8 Å². The number of amides is 3. The lowest BCUT2D eigenvalue weighted by molar-refractivity contribution is -0.139. The average Bonchev–Trinajstić information content (AvgIpc) is 2.86. The van der Waals surface area contributed by atoms with Gasteiger partial charge in [0.1, 0.15) is 11.8 Å². The number of carboxylic acid groups (broad SMARTS) is 1. The maximum Gasteiger partial charge on any atom is 0.326 e. The third-order valence-corrected chi connectivity index (χ3v) is 6.20. The topological polar surface area (TPSA) is 157 Å². The second kappa shape index (κ2) is 12.9. The van der Waals surface area contributed by atoms with E-state index in [2.05, 4.69) is 21.3 Å². The summed E-state index contributed by atoms with van der Waals surface area (Å²) in [6.07, 6.45) is 1.46. The molecule has 0 unspecified atom stereocenters. The zero-order chi connectivity index (χ0) is 26.1. The molecule has 10 nitrogen and oxygen atoms in total. The highest BCUT2D eigenvalue weighted by atomic mass is 35.5. The number of carbonyl (C=O) groups is 4. The number of hydrogen-bond acceptors (Lipinski definition) is 6. The molecule has 0 aromatic heterocycles. The molecule has 1 fully saturated rings. The second-order valence-corrected chi connectivity index (χ2v) is 8.92. The monoisotopic (exact) mass is 516 g/mol. The lowest BCUT2D eigenvalue weighted by Crippen LogP contribution is -2.44. The summed E-state index contributed by atoms with van der Waals surface area (Å²) in [5, 5.41) is 30.0. The summed E-state index contributed by atoms with van der Waals surface area (Å²) >= 11 is 6.22. The molecule has 0 spiro atoms. The summed E-state index contributed by atoms with van der Waals surface area (Å²) < 4.78 is 0. The fourth-order valence-corrected chi connectivity index (χ4v) is 4.12. The number of aliphatic carboxylic acids is 1. The van der Waals surface area contributed by atoms with E-state index in [1.807, 2.05) is 0 Å². The van der Waals surface area contributed by atoms with Crippen molar-refractivity contribution in [1.29, 1.82) is 0 Å². The number of carboxylic acids is 1. The maximum absolute atomic E-state index is 12.7. The smallest absolute Gasteiger partial charge is 0.326 e. The van der Waals surface area contributed by atoms with Crippen molar-refractivity contribution in [3.8, 4) is 5.75 Å². The first-order valence-electron chi connectivity index (χ1n) is 11.6. The molecule has 0 aliphatic carbocycles. The van der Waals surface area contributed by atoms with E-state index >= 15 is 0 Å². The summed E-state index contributed by atoms with van der Waals surface area (Å²) in [6, 6.07) is 9.31. The quantitative estimate of drug-likeness (QED) is 0.280. The molecular formula is C25H29ClN4O6. The molecule has 0 radical (unpaired) electrons. The largest absolute Gasteiger partial charge is 0.508 e. The van der Waals surface area contributed by atoms with E-state index in [0.717, 1.165) is 25.9 Å². The predicted molar refractivity (Wildman–Crippen MR) is 133 cm³/mol. The molecule has 1 heterocycles. The van der Waals surface area contributed by atoms with Crippen LogP contribution in [-0.4, -0.2) is 59.6 Å². The Balaban J connectivity index is 1.53. The van der Waals surface area contributed by atoms with Crippen LogP contribution >= 0.6 is 11.6 Å². The van der Waals surface area contributed by atoms with Crippen molar-refractivity contribution < 1.29 is 29.4 Å². The van der Waals surface area contributed by atoms with E-state index in [1.165, 1.54) is 30.3 Å². The fraction of sp³-hybridized carbons (Fsp3) is 0.360. The molecule has 1 saturated heterocycles. The van der Waals surface area contributed by atoms with Crippen molar-refractivity contribution >= 4 is 35.3 Å². The molecule has 6 N–H and O–H groups in total. The van der Waals surface area contributed by atoms with Crippen molar-refractivity contribution in [1.82, 2.24) is 21.3 Å². The summed E-state index contributed by atoms with van der Waals surface area (Å²) in [4.78, 5) is 49.0. The maximum atomic E-state index is 12.7. The van der Waals surface area contributed by atoms with Gasteiger partial charge in [-0.2, -0.15) is 0 Å². The van der Waals surface area contributed by atoms with Gasteiger partial charge in [0.2, 0.25) is 5.91 Å². The minimum atomic E-state index is -1.24. The van der Waals surface area contributed by atoms with Crippen molar-refractivity contribution in [3.63, 3.8) is 0 Å². The van der Waals surface area contributed by atoms with Gasteiger partial charge < -0.3 is 31.5 Å². The van der Waals surface area contributed by atoms with Crippen LogP contribution < -0.4 is 21.3 Å². The highest BCUT2D eigenvalue weighted by molar-refractivity contribution is 6.34. The Morgan fingerprint density at radius 1 is 1.03 bits per heavy atom. The first-order chi connectivity index (χ1) is 17.2. The number of phenolic OH excluding ortho intramolecular Hbond substituents is 1. The van der Waals surface area contributed by atoms with Crippen molar-refractivity contribution in [2.24, 2.45) is 5.92 Å². The summed E-state index contributed by atoms with van der Waals surface area (Å²) in [5.41, 5.74) is 0.940. The predicted octanol–water partition coefficient (Wildman–Crippen LogP) is 1.66. The Hall–Kier alpha value is -3.63. The molecule has 3 amide bonds. The number of aromatic hydroxyl groups is 1. The number of nitrogens with one attached hydrogen (secondary N) is 4. The van der Waals surface area contributed by atoms with Crippen LogP contribution in [0.5, 0.6) is 5.75 Å². The lowest BCUT2D eigenvalue weighted by atomic mass is 9.97. The molecule has 1 aliphatic heterocycles. The number of phenols is 1. The van der Waals surface area contributed by atoms with Crippen molar-refractivity contribution in [3.05, 3.63) is 64.2 Å². The lowest BCUT2D eigenvalue weighted by Gasteiger charge is -2.22. The molecule has 2 aromatic carbocycles. The van der Waals surface area contributed by atoms with Gasteiger partial charge in [0.15, 0.2) is 0 Å². The number of piperidine rings is 1. The molecule has 1 aliphatic rings. The summed E-state index contributed by atoms with van der Waals surface area (Å²) in [7, 11) is 0. The first kappa shape index (κ1) is 27.0. The molecule has 11 heteroatoms. The Kier molecular flexibility index (Phi) is 9.66. The van der Waals surface area contributed by atoms with Gasteiger partial charge in [-0.05, 0) is 68.2 Å². The van der Waals surface area contributed by atoms with Gasteiger partial charge >= 0.3 is 5.97 Å². The van der Waals surface area contributed by atoms with Gasteiger partial charge in [-0.3, -0.25) is 14.4 Å². The third-order valence-electron chi connectivity index (χ3n) is 5.89. The van der Waals surface area contributed by atoms with Crippen LogP contribution in [0.3, 0.4) is 0 Å². The zero-order valence-electron chi connectivity index (χ0n) is 19.6. The average molecular weight is 517 g/mol. The normalized spacial score (nSPS) is 14.5. The minimum Gasteiger partial charge on any atom is -0.508 e. The fourth-order valence-electron chi connectivity index (χ4n) is 3.85. The number of rotatable bonds is 10. The summed E-state index contributed by atoms with van der Waals surface area (Å²) in [5.74, 6) is -2.50. The molecule has 1 atom stereocenters. The van der Waals surface area contributed by atoms with Crippen LogP contribution in [0.2, 0.25) is 5.02 Å². The number of carbonyl (C=O) groups excluding carboxylic acids is 3. The Bertz CT molecular complexity index is 1120. The Morgan fingerprint density at radius 3 is 2.44 bits per heavy atom. The van der Waals surface area contributed by atoms with Crippen LogP contribution in [-0.2, 0) is 16.1 Å². The van der Waals surface area contributed by atoms with Gasteiger partial charge in [-0.25, -0.2) is 4.79 Å². The van der Waals surface area contributed by atoms with E-state index < -0.39 is 23.8 Å². The van der Waals surface area contributed by atoms with Crippen LogP contribution in [0.25, 0.3) is 0 Å². The molecule has 0 bridgehead atoms. The van der Waals surface area contributed by atoms with Gasteiger partial charge in [-0.1, -0.05) is 23.7 Å². The minimum absolute atomic E-state index is 0.00489. The number of hydrogen-bond donors (Lipinski definition) is 6. The third kappa shape index (κ3) is 7.69. The first-order valence-corrected chi connectivity index (χ1v) is 12.0. The van der Waals surface area contributed by atoms with E-state index in [4.69, 9.17) is 11.6 Å². The molecule has 36 heavy (non-hydrogen) atoms. The Labute approximate surface area is 213 Å². The molecule has 2 aromatic rings. The van der Waals surface area contributed by atoms with E-state index in [9.17, 15) is 29.4 Å². The van der Waals surface area contributed by atoms with E-state index in [-0.39, 0.29) is 53.2 Å². The van der Waals surface area contributed by atoms with Crippen LogP contribution in [0.4, 0.5) is 0 Å². The van der Waals surface area contributed by atoms with E-state index in [0.29, 0.717) is 5.56 Å². The standard InChI is InChI=1S/C25H29ClN4O6/c26-20-13-17(23(33)29-14-15-2-1-3-18(31)12-15)4-5-19(20)24(34)30-21(25(35)36)8-11-28-22(32)16-6-9-27-10-7-16/h1-5,12-13,16,21,27,31H,6-11,14H2,(H,28,32)(H,29,33)(H,30,34)(H,35,36)/t21-/m0/s1. The molecule has 0 saturated carbocycles. The van der Waals surface area contributed by atoms with Gasteiger partial charge in [0.25, 0.3) is 11.8 Å². The van der Waals surface area contributed by atoms with Crippen LogP contribution in [0.15, 0.2) is 42.5 Å². The molecular weight excluding hydrogens is 488 g/mol. The van der Waals surface area contributed by atoms with Crippen LogP contribution in [0, 0.1) is 5.92 Å². The number of benzene rings is 2. The molecule has 192 valence electrons. The van der Waals surface area contributed by atoms with E-state index in [1.54, 1.807) is 12.1 Å². The second-order valence-electron chi connectivity index (χ2n) is 8.52. The summed E-state index contributed by atoms with van der Waals surface area (Å²) in [6.45, 7) is 1.82. The van der Waals surface area contributed by atoms with Crippen LogP contribution in [0.1, 0.15) is 45.5 Å². The van der Waals surface area contributed by atoms with Gasteiger partial charge in [0, 0.05) is 24.6 Å². The SMILES string of the molecule is O=C(NCc1cccc(O)c1)c1ccc(C(=O)N[C@@H](CCNC(=O)C2CCNCC2)C(=O)O)c(Cl)c1. The number of halogens is 1. The highest BCUT2D eigenvalue weighted by Gasteiger charge is 2.24. The van der Waals surface area contributed by atoms with Gasteiger partial charge in [0.05, 0.1) is 10.6 Å². The Morgan fingerprint density at radius 2 is 1.78 bits per heavy atom. The highest BCUT2D eigenvalue weighted by Crippen LogP contribution is 2.19. The van der Waals surface area contributed by atoms with Gasteiger partial charge in [-0.15, -0.1) is 0 Å². The molecule has 3 rings (SSSR count).